The standard InChI is InChI=1S/C13H20N2/c1-15-7-5-11(6-8-15)9-12-3-2-4-13(14)10-12/h2-4,10-11H,5-9,14H2,1H3. The summed E-state index contributed by atoms with van der Waals surface area (Å²) < 4.78 is 0. The van der Waals surface area contributed by atoms with Crippen molar-refractivity contribution in [1.29, 1.82) is 0 Å². The molecule has 0 radical (unpaired) electrons. The average Bonchev–Trinajstić information content (AvgIpc) is 2.22. The average molecular weight is 204 g/mol. The summed E-state index contributed by atoms with van der Waals surface area (Å²) in [5.74, 6) is 0.850. The summed E-state index contributed by atoms with van der Waals surface area (Å²) in [6.07, 6.45) is 3.84. The number of nitrogen functional groups attached to an aromatic ring is 1. The minimum absolute atomic E-state index is 0.850. The normalized spacial score (nSPS) is 19.3. The predicted octanol–water partition coefficient (Wildman–Crippen LogP) is 2.15. The maximum absolute atomic E-state index is 5.78. The molecular formula is C13H20N2. The molecule has 2 nitrogen and oxygen atoms in total. The minimum Gasteiger partial charge on any atom is -0.399 e. The van der Waals surface area contributed by atoms with Crippen LogP contribution in [-0.2, 0) is 6.42 Å². The van der Waals surface area contributed by atoms with Crippen LogP contribution in [0.3, 0.4) is 0 Å². The molecule has 0 spiro atoms. The molecule has 15 heavy (non-hydrogen) atoms. The van der Waals surface area contributed by atoms with Gasteiger partial charge in [0.1, 0.15) is 0 Å². The van der Waals surface area contributed by atoms with Crippen LogP contribution in [0.15, 0.2) is 24.3 Å². The van der Waals surface area contributed by atoms with E-state index in [4.69, 9.17) is 5.73 Å². The SMILES string of the molecule is CN1CCC(Cc2cccc(N)c2)CC1. The first kappa shape index (κ1) is 10.5. The monoisotopic (exact) mass is 204 g/mol. The zero-order valence-corrected chi connectivity index (χ0v) is 9.45. The van der Waals surface area contributed by atoms with Gasteiger partial charge in [-0.05, 0) is 63.0 Å². The molecule has 0 unspecified atom stereocenters. The van der Waals surface area contributed by atoms with Crippen LogP contribution in [0.1, 0.15) is 18.4 Å². The Kier molecular flexibility index (Phi) is 3.27. The topological polar surface area (TPSA) is 29.3 Å². The van der Waals surface area contributed by atoms with Gasteiger partial charge in [-0.15, -0.1) is 0 Å². The second kappa shape index (κ2) is 4.67. The van der Waals surface area contributed by atoms with E-state index in [-0.39, 0.29) is 0 Å². The summed E-state index contributed by atoms with van der Waals surface area (Å²) in [5, 5.41) is 0. The van der Waals surface area contributed by atoms with Crippen molar-refractivity contribution in [3.63, 3.8) is 0 Å². The molecule has 1 aliphatic rings. The van der Waals surface area contributed by atoms with Crippen molar-refractivity contribution in [3.05, 3.63) is 29.8 Å². The Hall–Kier alpha value is -1.02. The van der Waals surface area contributed by atoms with Crippen LogP contribution < -0.4 is 5.73 Å². The number of piperidine rings is 1. The second-order valence-corrected chi connectivity index (χ2v) is 4.70. The summed E-state index contributed by atoms with van der Waals surface area (Å²) in [6, 6.07) is 8.31. The molecule has 1 aromatic carbocycles. The molecule has 0 saturated carbocycles. The summed E-state index contributed by atoms with van der Waals surface area (Å²) in [7, 11) is 2.21. The Labute approximate surface area is 92.1 Å². The van der Waals surface area contributed by atoms with E-state index >= 15 is 0 Å². The van der Waals surface area contributed by atoms with Gasteiger partial charge in [0, 0.05) is 5.69 Å². The van der Waals surface area contributed by atoms with Crippen molar-refractivity contribution in [3.8, 4) is 0 Å². The highest BCUT2D eigenvalue weighted by molar-refractivity contribution is 5.40. The molecule has 1 heterocycles. The van der Waals surface area contributed by atoms with E-state index in [1.807, 2.05) is 6.07 Å². The molecular weight excluding hydrogens is 184 g/mol. The smallest absolute Gasteiger partial charge is 0.0316 e. The number of rotatable bonds is 2. The summed E-state index contributed by atoms with van der Waals surface area (Å²) >= 11 is 0. The molecule has 1 aromatic rings. The van der Waals surface area contributed by atoms with Gasteiger partial charge < -0.3 is 10.6 Å². The molecule has 0 amide bonds. The first-order chi connectivity index (χ1) is 7.24. The first-order valence-corrected chi connectivity index (χ1v) is 5.77. The lowest BCUT2D eigenvalue weighted by molar-refractivity contribution is 0.219. The zero-order chi connectivity index (χ0) is 10.7. The van der Waals surface area contributed by atoms with Crippen LogP contribution in [0, 0.1) is 5.92 Å². The van der Waals surface area contributed by atoms with Gasteiger partial charge in [-0.25, -0.2) is 0 Å². The van der Waals surface area contributed by atoms with E-state index in [1.54, 1.807) is 0 Å². The zero-order valence-electron chi connectivity index (χ0n) is 9.45. The molecule has 1 aliphatic heterocycles. The fraction of sp³-hybridized carbons (Fsp3) is 0.538. The summed E-state index contributed by atoms with van der Waals surface area (Å²) in [6.45, 7) is 2.49. The maximum atomic E-state index is 5.78. The van der Waals surface area contributed by atoms with E-state index in [1.165, 1.54) is 37.9 Å². The fourth-order valence-corrected chi connectivity index (χ4v) is 2.32. The number of nitrogens with two attached hydrogens (primary N) is 1. The van der Waals surface area contributed by atoms with Crippen molar-refractivity contribution < 1.29 is 0 Å². The van der Waals surface area contributed by atoms with Crippen LogP contribution in [-0.4, -0.2) is 25.0 Å². The number of likely N-dealkylation sites (tertiary alicyclic amines) is 1. The van der Waals surface area contributed by atoms with Gasteiger partial charge in [-0.1, -0.05) is 12.1 Å². The molecule has 1 fully saturated rings. The van der Waals surface area contributed by atoms with Crippen LogP contribution >= 0.6 is 0 Å². The molecule has 82 valence electrons. The highest BCUT2D eigenvalue weighted by Gasteiger charge is 2.16. The summed E-state index contributed by atoms with van der Waals surface area (Å²) in [5.41, 5.74) is 8.06. The molecule has 0 aromatic heterocycles. The molecule has 0 aliphatic carbocycles. The van der Waals surface area contributed by atoms with E-state index < -0.39 is 0 Å². The van der Waals surface area contributed by atoms with Gasteiger partial charge in [-0.3, -0.25) is 0 Å². The Morgan fingerprint density at radius 2 is 2.07 bits per heavy atom. The van der Waals surface area contributed by atoms with E-state index in [0.717, 1.165) is 11.6 Å². The molecule has 1 saturated heterocycles. The van der Waals surface area contributed by atoms with Crippen LogP contribution in [0.2, 0.25) is 0 Å². The molecule has 0 atom stereocenters. The van der Waals surface area contributed by atoms with Gasteiger partial charge in [0.15, 0.2) is 0 Å². The van der Waals surface area contributed by atoms with Gasteiger partial charge >= 0.3 is 0 Å². The minimum atomic E-state index is 0.850. The first-order valence-electron chi connectivity index (χ1n) is 5.77. The summed E-state index contributed by atoms with van der Waals surface area (Å²) in [4.78, 5) is 2.41. The predicted molar refractivity (Wildman–Crippen MR) is 64.8 cm³/mol. The second-order valence-electron chi connectivity index (χ2n) is 4.70. The highest BCUT2D eigenvalue weighted by Crippen LogP contribution is 2.21. The van der Waals surface area contributed by atoms with Crippen molar-refractivity contribution in [2.24, 2.45) is 5.92 Å². The Bertz CT molecular complexity index is 314. The Balaban J connectivity index is 1.92. The highest BCUT2D eigenvalue weighted by atomic mass is 15.1. The third-order valence-electron chi connectivity index (χ3n) is 3.31. The van der Waals surface area contributed by atoms with Crippen molar-refractivity contribution in [2.45, 2.75) is 19.3 Å². The number of anilines is 1. The van der Waals surface area contributed by atoms with Crippen molar-refractivity contribution >= 4 is 5.69 Å². The van der Waals surface area contributed by atoms with Gasteiger partial charge in [-0.2, -0.15) is 0 Å². The number of benzene rings is 1. The van der Waals surface area contributed by atoms with Crippen LogP contribution in [0.5, 0.6) is 0 Å². The quantitative estimate of drug-likeness (QED) is 0.748. The van der Waals surface area contributed by atoms with Crippen LogP contribution in [0.25, 0.3) is 0 Å². The molecule has 0 bridgehead atoms. The third-order valence-corrected chi connectivity index (χ3v) is 3.31. The van der Waals surface area contributed by atoms with Crippen molar-refractivity contribution in [2.75, 3.05) is 25.9 Å². The molecule has 2 N–H and O–H groups in total. The lowest BCUT2D eigenvalue weighted by atomic mass is 9.90. The van der Waals surface area contributed by atoms with Gasteiger partial charge in [0.2, 0.25) is 0 Å². The third kappa shape index (κ3) is 2.96. The number of nitrogens with zero attached hydrogens (tertiary/aromatic N) is 1. The Morgan fingerprint density at radius 3 is 2.73 bits per heavy atom. The number of hydrogen-bond donors (Lipinski definition) is 1. The van der Waals surface area contributed by atoms with Crippen LogP contribution in [0.4, 0.5) is 5.69 Å². The fourth-order valence-electron chi connectivity index (χ4n) is 2.32. The Morgan fingerprint density at radius 1 is 1.33 bits per heavy atom. The van der Waals surface area contributed by atoms with Crippen molar-refractivity contribution in [1.82, 2.24) is 4.90 Å². The van der Waals surface area contributed by atoms with Gasteiger partial charge in [0.05, 0.1) is 0 Å². The van der Waals surface area contributed by atoms with Gasteiger partial charge in [0.25, 0.3) is 0 Å². The molecule has 2 heteroatoms. The van der Waals surface area contributed by atoms with E-state index in [2.05, 4.69) is 30.1 Å². The maximum Gasteiger partial charge on any atom is 0.0316 e. The van der Waals surface area contributed by atoms with E-state index in [0.29, 0.717) is 0 Å². The lowest BCUT2D eigenvalue weighted by Crippen LogP contribution is -2.30. The number of hydrogen-bond acceptors (Lipinski definition) is 2. The van der Waals surface area contributed by atoms with E-state index in [9.17, 15) is 0 Å². The molecule has 2 rings (SSSR count). The lowest BCUT2D eigenvalue weighted by Gasteiger charge is -2.28. The largest absolute Gasteiger partial charge is 0.399 e.